The van der Waals surface area contributed by atoms with Crippen molar-refractivity contribution in [3.63, 3.8) is 0 Å². The summed E-state index contributed by atoms with van der Waals surface area (Å²) in [5, 5.41) is 15.2. The number of carbonyl (C=O) groups excluding carboxylic acids is 1. The van der Waals surface area contributed by atoms with Gasteiger partial charge in [-0.1, -0.05) is 54.2 Å². The minimum absolute atomic E-state index is 0.110. The van der Waals surface area contributed by atoms with Crippen molar-refractivity contribution in [2.24, 2.45) is 0 Å². The fourth-order valence-corrected chi connectivity index (χ4v) is 3.43. The second kappa shape index (κ2) is 8.75. The molecule has 144 valence electrons. The maximum Gasteiger partial charge on any atom is 0.230 e. The van der Waals surface area contributed by atoms with Crippen LogP contribution in [0.25, 0.3) is 0 Å². The van der Waals surface area contributed by atoms with E-state index in [4.69, 9.17) is 9.47 Å². The van der Waals surface area contributed by atoms with Gasteiger partial charge < -0.3 is 14.8 Å². The number of rotatable bonds is 7. The van der Waals surface area contributed by atoms with Crippen LogP contribution in [0.1, 0.15) is 5.56 Å². The van der Waals surface area contributed by atoms with Crippen molar-refractivity contribution in [3.8, 4) is 11.5 Å². The molecular formula is C19H19N5O3S. The highest BCUT2D eigenvalue weighted by Gasteiger charge is 2.21. The third-order valence-electron chi connectivity index (χ3n) is 4.10. The molecule has 8 nitrogen and oxygen atoms in total. The Kier molecular flexibility index (Phi) is 5.72. The normalized spacial score (nSPS) is 15.2. The van der Waals surface area contributed by atoms with Crippen LogP contribution in [0.4, 0.5) is 0 Å². The summed E-state index contributed by atoms with van der Waals surface area (Å²) in [6.07, 6.45) is -0.216. The first-order chi connectivity index (χ1) is 13.8. The number of fused-ring (bicyclic) bond motifs is 1. The zero-order valence-electron chi connectivity index (χ0n) is 15.0. The quantitative estimate of drug-likeness (QED) is 0.608. The molecule has 1 amide bonds. The molecule has 9 heteroatoms. The lowest BCUT2D eigenvalue weighted by Gasteiger charge is -2.26. The van der Waals surface area contributed by atoms with E-state index in [-0.39, 0.29) is 17.8 Å². The van der Waals surface area contributed by atoms with Crippen molar-refractivity contribution in [2.75, 3.05) is 18.9 Å². The molecule has 0 radical (unpaired) electrons. The molecule has 1 aromatic heterocycles. The standard InChI is InChI=1S/C19H19N5O3S/c25-18(20-10-15-12-26-16-8-4-5-9-17(16)27-15)13-28-19-21-22-23-24(19)11-14-6-2-1-3-7-14/h1-9,15H,10-13H2,(H,20,25)/t15-/m1/s1. The number of hydrogen-bond acceptors (Lipinski definition) is 7. The van der Waals surface area contributed by atoms with E-state index < -0.39 is 0 Å². The fraction of sp³-hybridized carbons (Fsp3) is 0.263. The van der Waals surface area contributed by atoms with Gasteiger partial charge in [0.15, 0.2) is 11.5 Å². The maximum atomic E-state index is 12.2. The molecule has 3 aromatic rings. The monoisotopic (exact) mass is 397 g/mol. The average molecular weight is 397 g/mol. The Morgan fingerprint density at radius 2 is 1.93 bits per heavy atom. The van der Waals surface area contributed by atoms with Crippen LogP contribution in [-0.2, 0) is 11.3 Å². The molecule has 1 aliphatic rings. The van der Waals surface area contributed by atoms with Crippen LogP contribution in [0.2, 0.25) is 0 Å². The Labute approximate surface area is 166 Å². The van der Waals surface area contributed by atoms with Crippen molar-refractivity contribution < 1.29 is 14.3 Å². The van der Waals surface area contributed by atoms with Gasteiger partial charge >= 0.3 is 0 Å². The molecule has 28 heavy (non-hydrogen) atoms. The van der Waals surface area contributed by atoms with E-state index >= 15 is 0 Å². The average Bonchev–Trinajstić information content (AvgIpc) is 3.18. The summed E-state index contributed by atoms with van der Waals surface area (Å²) >= 11 is 1.30. The van der Waals surface area contributed by atoms with E-state index in [2.05, 4.69) is 20.8 Å². The summed E-state index contributed by atoms with van der Waals surface area (Å²) in [5.74, 6) is 1.54. The molecule has 2 heterocycles. The number of nitrogens with one attached hydrogen (secondary N) is 1. The van der Waals surface area contributed by atoms with Crippen LogP contribution >= 0.6 is 11.8 Å². The SMILES string of the molecule is O=C(CSc1nnnn1Cc1ccccc1)NC[C@@H]1COc2ccccc2O1. The van der Waals surface area contributed by atoms with Crippen LogP contribution in [0, 0.1) is 0 Å². The van der Waals surface area contributed by atoms with E-state index in [0.29, 0.717) is 30.6 Å². The topological polar surface area (TPSA) is 91.2 Å². The summed E-state index contributed by atoms with van der Waals surface area (Å²) in [6, 6.07) is 17.4. The van der Waals surface area contributed by atoms with Gasteiger partial charge in [-0.3, -0.25) is 4.79 Å². The smallest absolute Gasteiger partial charge is 0.230 e. The Bertz CT molecular complexity index is 934. The van der Waals surface area contributed by atoms with Gasteiger partial charge in [0.1, 0.15) is 12.7 Å². The molecule has 2 aromatic carbocycles. The van der Waals surface area contributed by atoms with Gasteiger partial charge in [-0.2, -0.15) is 0 Å². The van der Waals surface area contributed by atoms with E-state index in [0.717, 1.165) is 11.3 Å². The third kappa shape index (κ3) is 4.61. The molecule has 0 saturated heterocycles. The molecule has 4 rings (SSSR count). The predicted octanol–water partition coefficient (Wildman–Crippen LogP) is 1.77. The summed E-state index contributed by atoms with van der Waals surface area (Å²) in [6.45, 7) is 1.34. The number of nitrogens with zero attached hydrogens (tertiary/aromatic N) is 4. The molecule has 1 aliphatic heterocycles. The van der Waals surface area contributed by atoms with Crippen LogP contribution in [-0.4, -0.2) is 51.1 Å². The summed E-state index contributed by atoms with van der Waals surface area (Å²) < 4.78 is 13.2. The number of ether oxygens (including phenoxy) is 2. The highest BCUT2D eigenvalue weighted by atomic mass is 32.2. The van der Waals surface area contributed by atoms with E-state index in [1.807, 2.05) is 54.6 Å². The van der Waals surface area contributed by atoms with Crippen molar-refractivity contribution >= 4 is 17.7 Å². The Hall–Kier alpha value is -3.07. The summed E-state index contributed by atoms with van der Waals surface area (Å²) in [7, 11) is 0. The molecule has 0 saturated carbocycles. The van der Waals surface area contributed by atoms with Gasteiger partial charge in [-0.15, -0.1) is 5.10 Å². The molecule has 0 fully saturated rings. The zero-order chi connectivity index (χ0) is 19.2. The van der Waals surface area contributed by atoms with Gasteiger partial charge in [0.25, 0.3) is 0 Å². The van der Waals surface area contributed by atoms with Crippen molar-refractivity contribution in [3.05, 3.63) is 60.2 Å². The Morgan fingerprint density at radius 3 is 2.79 bits per heavy atom. The number of tetrazole rings is 1. The molecule has 1 atom stereocenters. The van der Waals surface area contributed by atoms with E-state index in [1.54, 1.807) is 4.68 Å². The summed E-state index contributed by atoms with van der Waals surface area (Å²) in [5.41, 5.74) is 1.09. The number of benzene rings is 2. The lowest BCUT2D eigenvalue weighted by atomic mass is 10.2. The lowest BCUT2D eigenvalue weighted by molar-refractivity contribution is -0.119. The summed E-state index contributed by atoms with van der Waals surface area (Å²) in [4.78, 5) is 12.2. The lowest BCUT2D eigenvalue weighted by Crippen LogP contribution is -2.41. The maximum absolute atomic E-state index is 12.2. The first-order valence-electron chi connectivity index (χ1n) is 8.86. The molecule has 0 unspecified atom stereocenters. The van der Waals surface area contributed by atoms with Gasteiger partial charge in [0.2, 0.25) is 11.1 Å². The van der Waals surface area contributed by atoms with Gasteiger partial charge in [0, 0.05) is 0 Å². The van der Waals surface area contributed by atoms with Crippen LogP contribution < -0.4 is 14.8 Å². The Balaban J connectivity index is 1.24. The van der Waals surface area contributed by atoms with Gasteiger partial charge in [-0.25, -0.2) is 4.68 Å². The Morgan fingerprint density at radius 1 is 1.14 bits per heavy atom. The minimum atomic E-state index is -0.216. The fourth-order valence-electron chi connectivity index (χ4n) is 2.73. The highest BCUT2D eigenvalue weighted by molar-refractivity contribution is 7.99. The first-order valence-corrected chi connectivity index (χ1v) is 9.84. The predicted molar refractivity (Wildman–Crippen MR) is 103 cm³/mol. The molecule has 0 aliphatic carbocycles. The first kappa shape index (κ1) is 18.3. The number of carbonyl (C=O) groups is 1. The molecule has 1 N–H and O–H groups in total. The molecule has 0 spiro atoms. The minimum Gasteiger partial charge on any atom is -0.486 e. The van der Waals surface area contributed by atoms with E-state index in [9.17, 15) is 4.79 Å². The van der Waals surface area contributed by atoms with Crippen LogP contribution in [0.3, 0.4) is 0 Å². The largest absolute Gasteiger partial charge is 0.486 e. The second-order valence-electron chi connectivity index (χ2n) is 6.20. The highest BCUT2D eigenvalue weighted by Crippen LogP contribution is 2.30. The van der Waals surface area contributed by atoms with Gasteiger partial charge in [0.05, 0.1) is 18.8 Å². The van der Waals surface area contributed by atoms with Gasteiger partial charge in [-0.05, 0) is 28.1 Å². The number of amides is 1. The van der Waals surface area contributed by atoms with Crippen LogP contribution in [0.15, 0.2) is 59.8 Å². The second-order valence-corrected chi connectivity index (χ2v) is 7.14. The van der Waals surface area contributed by atoms with Crippen molar-refractivity contribution in [1.82, 2.24) is 25.5 Å². The van der Waals surface area contributed by atoms with Crippen molar-refractivity contribution in [1.29, 1.82) is 0 Å². The van der Waals surface area contributed by atoms with Crippen LogP contribution in [0.5, 0.6) is 11.5 Å². The zero-order valence-corrected chi connectivity index (χ0v) is 15.8. The number of aromatic nitrogens is 4. The molecular weight excluding hydrogens is 378 g/mol. The molecule has 0 bridgehead atoms. The van der Waals surface area contributed by atoms with E-state index in [1.165, 1.54) is 11.8 Å². The number of hydrogen-bond donors (Lipinski definition) is 1. The number of thioether (sulfide) groups is 1. The van der Waals surface area contributed by atoms with Crippen molar-refractivity contribution in [2.45, 2.75) is 17.8 Å². The number of para-hydroxylation sites is 2. The third-order valence-corrected chi connectivity index (χ3v) is 5.06.